The maximum Gasteiger partial charge on any atom is 0.455 e. The molecule has 0 bridgehead atoms. The highest BCUT2D eigenvalue weighted by atomic mass is 35.5. The normalized spacial score (nSPS) is 13.2. The predicted octanol–water partition coefficient (Wildman–Crippen LogP) is 4.78. The molecule has 142 valence electrons. The van der Waals surface area contributed by atoms with Gasteiger partial charge in [0, 0.05) is 22.6 Å². The summed E-state index contributed by atoms with van der Waals surface area (Å²) in [5.74, 6) is -1.91. The molecule has 0 aliphatic rings. The van der Waals surface area contributed by atoms with Gasteiger partial charge in [0.25, 0.3) is 5.78 Å². The van der Waals surface area contributed by atoms with Crippen LogP contribution in [-0.2, 0) is 0 Å². The Labute approximate surface area is 155 Å². The van der Waals surface area contributed by atoms with E-state index < -0.39 is 17.5 Å². The second-order valence-corrected chi connectivity index (χ2v) is 6.96. The monoisotopic (exact) mass is 387 g/mol. The molecule has 1 unspecified atom stereocenters. The first kappa shape index (κ1) is 20.5. The van der Waals surface area contributed by atoms with Crippen LogP contribution in [0.1, 0.15) is 30.1 Å². The minimum Gasteiger partial charge on any atom is -0.381 e. The maximum atomic E-state index is 13.0. The topological polar surface area (TPSA) is 45.2 Å². The van der Waals surface area contributed by atoms with Gasteiger partial charge in [-0.05, 0) is 58.6 Å². The molecule has 1 heterocycles. The number of Topliss-reactive ketones (excluding diaryl/α,β-unsaturated/α-hetero) is 1. The Bertz CT molecular complexity index is 793. The molecule has 26 heavy (non-hydrogen) atoms. The number of nitrogens with one attached hydrogen (secondary N) is 1. The first-order valence-corrected chi connectivity index (χ1v) is 8.58. The Morgan fingerprint density at radius 1 is 1.35 bits per heavy atom. The number of fused-ring (bicyclic) bond motifs is 1. The molecular weight excluding hydrogens is 367 g/mol. The lowest BCUT2D eigenvalue weighted by molar-refractivity contribution is -0.0884. The van der Waals surface area contributed by atoms with Crippen molar-refractivity contribution in [1.29, 1.82) is 0 Å². The second-order valence-electron chi connectivity index (χ2n) is 6.53. The first-order valence-electron chi connectivity index (χ1n) is 8.20. The number of pyridine rings is 1. The predicted molar refractivity (Wildman–Crippen MR) is 98.0 cm³/mol. The minimum atomic E-state index is -4.97. The van der Waals surface area contributed by atoms with E-state index in [0.717, 1.165) is 25.6 Å². The fourth-order valence-corrected chi connectivity index (χ4v) is 2.85. The van der Waals surface area contributed by atoms with E-state index in [9.17, 15) is 18.0 Å². The number of rotatable bonds is 7. The molecule has 4 nitrogen and oxygen atoms in total. The summed E-state index contributed by atoms with van der Waals surface area (Å²) in [6, 6.07) is 4.58. The average Bonchev–Trinajstić information content (AvgIpc) is 2.53. The minimum absolute atomic E-state index is 0.115. The van der Waals surface area contributed by atoms with Crippen LogP contribution >= 0.6 is 11.6 Å². The number of carbonyl (C=O) groups excluding carboxylic acids is 1. The van der Waals surface area contributed by atoms with Gasteiger partial charge in [-0.25, -0.2) is 0 Å². The molecular formula is C18H21ClF3N3O. The number of carbonyl (C=O) groups is 1. The van der Waals surface area contributed by atoms with Crippen LogP contribution in [-0.4, -0.2) is 48.5 Å². The van der Waals surface area contributed by atoms with Crippen molar-refractivity contribution in [2.75, 3.05) is 26.0 Å². The molecule has 0 fully saturated rings. The number of anilines is 1. The number of hydrogen-bond acceptors (Lipinski definition) is 4. The van der Waals surface area contributed by atoms with Gasteiger partial charge in [0.2, 0.25) is 0 Å². The molecule has 2 aromatic rings. The Morgan fingerprint density at radius 3 is 2.65 bits per heavy atom. The third-order valence-corrected chi connectivity index (χ3v) is 4.20. The van der Waals surface area contributed by atoms with Crippen LogP contribution in [0.15, 0.2) is 24.4 Å². The van der Waals surface area contributed by atoms with Crippen LogP contribution in [0, 0.1) is 0 Å². The molecule has 0 amide bonds. The van der Waals surface area contributed by atoms with Crippen molar-refractivity contribution < 1.29 is 18.0 Å². The molecule has 1 aromatic carbocycles. The van der Waals surface area contributed by atoms with E-state index in [1.807, 2.05) is 25.9 Å². The van der Waals surface area contributed by atoms with Gasteiger partial charge in [-0.15, -0.1) is 0 Å². The lowest BCUT2D eigenvalue weighted by Crippen LogP contribution is -2.26. The summed E-state index contributed by atoms with van der Waals surface area (Å²) >= 11 is 5.94. The van der Waals surface area contributed by atoms with Gasteiger partial charge < -0.3 is 10.2 Å². The van der Waals surface area contributed by atoms with E-state index in [2.05, 4.69) is 10.3 Å². The van der Waals surface area contributed by atoms with Crippen LogP contribution in [0.4, 0.5) is 18.9 Å². The van der Waals surface area contributed by atoms with Gasteiger partial charge in [0.05, 0.1) is 16.8 Å². The molecule has 0 aliphatic heterocycles. The SMILES string of the molecule is CC(CCCN(C)C)Nc1c(C(=O)C(F)(F)F)cnc2cc(Cl)ccc12. The molecule has 1 aromatic heterocycles. The Morgan fingerprint density at radius 2 is 2.04 bits per heavy atom. The first-order chi connectivity index (χ1) is 12.1. The number of nitrogens with zero attached hydrogens (tertiary/aromatic N) is 2. The molecule has 0 spiro atoms. The number of hydrogen-bond donors (Lipinski definition) is 1. The molecule has 1 atom stereocenters. The van der Waals surface area contributed by atoms with Gasteiger partial charge in [-0.3, -0.25) is 9.78 Å². The fraction of sp³-hybridized carbons (Fsp3) is 0.444. The molecule has 8 heteroatoms. The van der Waals surface area contributed by atoms with E-state index >= 15 is 0 Å². The number of halogens is 4. The number of ketones is 1. The van der Waals surface area contributed by atoms with E-state index in [1.54, 1.807) is 18.2 Å². The Balaban J connectivity index is 2.40. The summed E-state index contributed by atoms with van der Waals surface area (Å²) < 4.78 is 38.9. The summed E-state index contributed by atoms with van der Waals surface area (Å²) in [6.07, 6.45) is -2.39. The van der Waals surface area contributed by atoms with Crippen molar-refractivity contribution in [2.45, 2.75) is 32.0 Å². The van der Waals surface area contributed by atoms with Crippen molar-refractivity contribution >= 4 is 34.0 Å². The molecule has 0 aliphatic carbocycles. The van der Waals surface area contributed by atoms with Crippen LogP contribution in [0.3, 0.4) is 0 Å². The second kappa shape index (κ2) is 8.22. The van der Waals surface area contributed by atoms with Crippen molar-refractivity contribution in [2.24, 2.45) is 0 Å². The summed E-state index contributed by atoms with van der Waals surface area (Å²) in [6.45, 7) is 2.74. The van der Waals surface area contributed by atoms with E-state index in [0.29, 0.717) is 15.9 Å². The van der Waals surface area contributed by atoms with E-state index in [-0.39, 0.29) is 11.7 Å². The Kier molecular flexibility index (Phi) is 6.47. The summed E-state index contributed by atoms with van der Waals surface area (Å²) in [5.41, 5.74) is 0.0948. The molecule has 0 radical (unpaired) electrons. The van der Waals surface area contributed by atoms with Crippen LogP contribution in [0.2, 0.25) is 5.02 Å². The summed E-state index contributed by atoms with van der Waals surface area (Å²) in [5, 5.41) is 3.93. The maximum absolute atomic E-state index is 13.0. The van der Waals surface area contributed by atoms with Crippen LogP contribution in [0.25, 0.3) is 10.9 Å². The third-order valence-electron chi connectivity index (χ3n) is 3.97. The lowest BCUT2D eigenvalue weighted by Gasteiger charge is -2.20. The molecule has 0 saturated heterocycles. The number of benzene rings is 1. The quantitative estimate of drug-likeness (QED) is 0.695. The van der Waals surface area contributed by atoms with Crippen molar-refractivity contribution in [1.82, 2.24) is 9.88 Å². The molecule has 1 N–H and O–H groups in total. The van der Waals surface area contributed by atoms with Gasteiger partial charge in [0.15, 0.2) is 0 Å². The number of alkyl halides is 3. The standard InChI is InChI=1S/C18H21ClF3N3O/c1-11(5-4-8-25(2)3)24-16-13-7-6-12(19)9-15(13)23-10-14(16)17(26)18(20,21)22/h6-7,9-11H,4-5,8H2,1-3H3,(H,23,24). The smallest absolute Gasteiger partial charge is 0.381 e. The highest BCUT2D eigenvalue weighted by molar-refractivity contribution is 6.31. The van der Waals surface area contributed by atoms with Crippen molar-refractivity contribution in [3.63, 3.8) is 0 Å². The van der Waals surface area contributed by atoms with E-state index in [1.165, 1.54) is 0 Å². The highest BCUT2D eigenvalue weighted by Crippen LogP contribution is 2.33. The molecule has 2 rings (SSSR count). The fourth-order valence-electron chi connectivity index (χ4n) is 2.68. The zero-order chi connectivity index (χ0) is 19.5. The third kappa shape index (κ3) is 5.08. The van der Waals surface area contributed by atoms with Crippen molar-refractivity contribution in [3.8, 4) is 0 Å². The zero-order valence-corrected chi connectivity index (χ0v) is 15.6. The van der Waals surface area contributed by atoms with Crippen LogP contribution in [0.5, 0.6) is 0 Å². The van der Waals surface area contributed by atoms with Crippen molar-refractivity contribution in [3.05, 3.63) is 35.0 Å². The largest absolute Gasteiger partial charge is 0.455 e. The highest BCUT2D eigenvalue weighted by Gasteiger charge is 2.41. The summed E-state index contributed by atoms with van der Waals surface area (Å²) in [4.78, 5) is 17.9. The van der Waals surface area contributed by atoms with Gasteiger partial charge in [-0.2, -0.15) is 13.2 Å². The van der Waals surface area contributed by atoms with E-state index in [4.69, 9.17) is 11.6 Å². The lowest BCUT2D eigenvalue weighted by atomic mass is 10.0. The number of aromatic nitrogens is 1. The van der Waals surface area contributed by atoms with Gasteiger partial charge >= 0.3 is 6.18 Å². The average molecular weight is 388 g/mol. The van der Waals surface area contributed by atoms with Gasteiger partial charge in [-0.1, -0.05) is 11.6 Å². The van der Waals surface area contributed by atoms with Gasteiger partial charge in [0.1, 0.15) is 0 Å². The molecule has 0 saturated carbocycles. The Hall–Kier alpha value is -1.86. The summed E-state index contributed by atoms with van der Waals surface area (Å²) in [7, 11) is 3.91. The van der Waals surface area contributed by atoms with Crippen LogP contribution < -0.4 is 5.32 Å². The zero-order valence-electron chi connectivity index (χ0n) is 14.8.